The van der Waals surface area contributed by atoms with Crippen molar-refractivity contribution in [3.05, 3.63) is 47.3 Å². The first-order valence-electron chi connectivity index (χ1n) is 7.53. The van der Waals surface area contributed by atoms with Gasteiger partial charge in [-0.2, -0.15) is 20.8 Å². The lowest BCUT2D eigenvalue weighted by Crippen LogP contribution is -2.15. The van der Waals surface area contributed by atoms with Crippen molar-refractivity contribution in [3.63, 3.8) is 0 Å². The van der Waals surface area contributed by atoms with E-state index in [-0.39, 0.29) is 0 Å². The summed E-state index contributed by atoms with van der Waals surface area (Å²) in [5, 5.41) is 8.76. The highest BCUT2D eigenvalue weighted by Gasteiger charge is 2.16. The first kappa shape index (κ1) is 13.5. The van der Waals surface area contributed by atoms with Crippen molar-refractivity contribution in [1.29, 1.82) is 0 Å². The second-order valence-corrected chi connectivity index (χ2v) is 6.13. The molecule has 4 heterocycles. The van der Waals surface area contributed by atoms with E-state index in [9.17, 15) is 0 Å². The highest BCUT2D eigenvalue weighted by atomic mass is 32.1. The van der Waals surface area contributed by atoms with Crippen LogP contribution in [0.15, 0.2) is 47.3 Å². The van der Waals surface area contributed by atoms with Crippen molar-refractivity contribution in [1.82, 2.24) is 19.6 Å². The summed E-state index contributed by atoms with van der Waals surface area (Å²) >= 11 is 1.65. The summed E-state index contributed by atoms with van der Waals surface area (Å²) in [4.78, 5) is 8.87. The molecule has 0 saturated carbocycles. The van der Waals surface area contributed by atoms with Crippen molar-refractivity contribution >= 4 is 17.1 Å². The average molecular weight is 336 g/mol. The maximum Gasteiger partial charge on any atom is 0.253 e. The zero-order chi connectivity index (χ0) is 15.9. The van der Waals surface area contributed by atoms with Gasteiger partial charge in [0.1, 0.15) is 13.2 Å². The van der Waals surface area contributed by atoms with Crippen molar-refractivity contribution in [2.75, 3.05) is 13.2 Å². The molecule has 0 aliphatic carbocycles. The number of fused-ring (bicyclic) bond motifs is 2. The van der Waals surface area contributed by atoms with Gasteiger partial charge in [-0.05, 0) is 35.7 Å². The number of aromatic nitrogens is 4. The molecule has 118 valence electrons. The molecule has 5 rings (SSSR count). The number of hydrogen-bond acceptors (Lipinski definition) is 6. The van der Waals surface area contributed by atoms with Gasteiger partial charge in [-0.25, -0.2) is 4.98 Å². The summed E-state index contributed by atoms with van der Waals surface area (Å²) in [6.07, 6.45) is 1.75. The summed E-state index contributed by atoms with van der Waals surface area (Å²) in [5.41, 5.74) is 2.95. The fourth-order valence-electron chi connectivity index (χ4n) is 2.73. The smallest absolute Gasteiger partial charge is 0.253 e. The molecule has 0 N–H and O–H groups in total. The van der Waals surface area contributed by atoms with Crippen LogP contribution in [-0.4, -0.2) is 32.8 Å². The molecule has 1 aliphatic heterocycles. The second kappa shape index (κ2) is 5.31. The number of hydrogen-bond donors (Lipinski definition) is 0. The Morgan fingerprint density at radius 3 is 2.79 bits per heavy atom. The lowest BCUT2D eigenvalue weighted by Gasteiger charge is -2.18. The second-order valence-electron chi connectivity index (χ2n) is 5.35. The first-order chi connectivity index (χ1) is 11.9. The standard InChI is InChI=1S/C17H12N4O2S/c1-2-14-15(23-7-6-22-14)9-11(1)16-19-17-18-5-3-13(21(17)20-16)12-4-8-24-10-12/h1-5,8-10H,6-7H2. The maximum absolute atomic E-state index is 5.64. The van der Waals surface area contributed by atoms with Crippen LogP contribution in [0, 0.1) is 0 Å². The Hall–Kier alpha value is -2.93. The fourth-order valence-corrected chi connectivity index (χ4v) is 3.38. The molecule has 0 bridgehead atoms. The maximum atomic E-state index is 5.64. The van der Waals surface area contributed by atoms with E-state index in [2.05, 4.69) is 26.5 Å². The number of thiophene rings is 1. The van der Waals surface area contributed by atoms with Crippen LogP contribution in [0.5, 0.6) is 11.5 Å². The Kier molecular flexibility index (Phi) is 2.99. The van der Waals surface area contributed by atoms with Crippen LogP contribution in [0.4, 0.5) is 0 Å². The van der Waals surface area contributed by atoms with Gasteiger partial charge in [-0.3, -0.25) is 0 Å². The summed E-state index contributed by atoms with van der Waals surface area (Å²) in [6, 6.07) is 9.74. The van der Waals surface area contributed by atoms with Crippen molar-refractivity contribution in [3.8, 4) is 34.1 Å². The Balaban J connectivity index is 1.65. The predicted molar refractivity (Wildman–Crippen MR) is 90.5 cm³/mol. The monoisotopic (exact) mass is 336 g/mol. The van der Waals surface area contributed by atoms with Gasteiger partial charge in [0.05, 0.1) is 5.69 Å². The molecule has 6 nitrogen and oxygen atoms in total. The minimum Gasteiger partial charge on any atom is -0.486 e. The van der Waals surface area contributed by atoms with E-state index in [4.69, 9.17) is 9.47 Å². The van der Waals surface area contributed by atoms with E-state index >= 15 is 0 Å². The van der Waals surface area contributed by atoms with Gasteiger partial charge in [0, 0.05) is 22.7 Å². The predicted octanol–water partition coefficient (Wildman–Crippen LogP) is 3.29. The lowest BCUT2D eigenvalue weighted by molar-refractivity contribution is 0.171. The largest absolute Gasteiger partial charge is 0.486 e. The van der Waals surface area contributed by atoms with Crippen LogP contribution in [0.3, 0.4) is 0 Å². The number of rotatable bonds is 2. The molecule has 4 aromatic rings. The molecule has 0 saturated heterocycles. The van der Waals surface area contributed by atoms with Gasteiger partial charge < -0.3 is 9.47 Å². The summed E-state index contributed by atoms with van der Waals surface area (Å²) in [6.45, 7) is 1.13. The van der Waals surface area contributed by atoms with Gasteiger partial charge in [-0.1, -0.05) is 0 Å². The van der Waals surface area contributed by atoms with Crippen molar-refractivity contribution in [2.45, 2.75) is 0 Å². The highest BCUT2D eigenvalue weighted by molar-refractivity contribution is 7.08. The zero-order valence-corrected chi connectivity index (χ0v) is 13.4. The number of nitrogens with zero attached hydrogens (tertiary/aromatic N) is 4. The van der Waals surface area contributed by atoms with Crippen LogP contribution in [-0.2, 0) is 0 Å². The van der Waals surface area contributed by atoms with Crippen LogP contribution < -0.4 is 9.47 Å². The minimum atomic E-state index is 0.554. The van der Waals surface area contributed by atoms with Gasteiger partial charge >= 0.3 is 0 Å². The molecule has 3 aromatic heterocycles. The van der Waals surface area contributed by atoms with Crippen molar-refractivity contribution in [2.24, 2.45) is 0 Å². The molecule has 1 aliphatic rings. The molecule has 0 amide bonds. The van der Waals surface area contributed by atoms with Crippen LogP contribution in [0.25, 0.3) is 28.4 Å². The molecular weight excluding hydrogens is 324 g/mol. The van der Waals surface area contributed by atoms with Gasteiger partial charge in [0.15, 0.2) is 17.3 Å². The van der Waals surface area contributed by atoms with Gasteiger partial charge in [-0.15, -0.1) is 5.10 Å². The minimum absolute atomic E-state index is 0.554. The van der Waals surface area contributed by atoms with E-state index in [0.717, 1.165) is 28.3 Å². The molecular formula is C17H12N4O2S. The highest BCUT2D eigenvalue weighted by Crippen LogP contribution is 2.34. The average Bonchev–Trinajstić information content (AvgIpc) is 3.30. The Morgan fingerprint density at radius 2 is 1.92 bits per heavy atom. The Bertz CT molecular complexity index is 1030. The molecule has 7 heteroatoms. The third-order valence-corrected chi connectivity index (χ3v) is 4.54. The molecule has 0 radical (unpaired) electrons. The number of benzene rings is 1. The number of ether oxygens (including phenoxy) is 2. The Labute approximate surface area is 141 Å². The molecule has 0 fully saturated rings. The van der Waals surface area contributed by atoms with E-state index in [1.54, 1.807) is 22.0 Å². The molecule has 0 unspecified atom stereocenters. The molecule has 1 aromatic carbocycles. The Morgan fingerprint density at radius 1 is 1.00 bits per heavy atom. The normalized spacial score (nSPS) is 13.3. The first-order valence-corrected chi connectivity index (χ1v) is 8.47. The summed E-state index contributed by atoms with van der Waals surface area (Å²) in [7, 11) is 0. The molecule has 0 spiro atoms. The van der Waals surface area contributed by atoms with E-state index < -0.39 is 0 Å². The van der Waals surface area contributed by atoms with Crippen LogP contribution in [0.2, 0.25) is 0 Å². The lowest BCUT2D eigenvalue weighted by atomic mass is 10.2. The summed E-state index contributed by atoms with van der Waals surface area (Å²) < 4.78 is 13.0. The van der Waals surface area contributed by atoms with E-state index in [0.29, 0.717) is 24.8 Å². The molecule has 24 heavy (non-hydrogen) atoms. The zero-order valence-electron chi connectivity index (χ0n) is 12.5. The third kappa shape index (κ3) is 2.13. The fraction of sp³-hybridized carbons (Fsp3) is 0.118. The topological polar surface area (TPSA) is 61.5 Å². The van der Waals surface area contributed by atoms with Gasteiger partial charge in [0.2, 0.25) is 0 Å². The summed E-state index contributed by atoms with van der Waals surface area (Å²) in [5.74, 6) is 2.67. The quantitative estimate of drug-likeness (QED) is 0.562. The van der Waals surface area contributed by atoms with Gasteiger partial charge in [0.25, 0.3) is 5.78 Å². The van der Waals surface area contributed by atoms with Crippen LogP contribution >= 0.6 is 11.3 Å². The van der Waals surface area contributed by atoms with E-state index in [1.165, 1.54) is 0 Å². The van der Waals surface area contributed by atoms with Crippen LogP contribution in [0.1, 0.15) is 0 Å². The van der Waals surface area contributed by atoms with E-state index in [1.807, 2.05) is 29.6 Å². The third-order valence-electron chi connectivity index (χ3n) is 3.86. The van der Waals surface area contributed by atoms with Crippen molar-refractivity contribution < 1.29 is 9.47 Å². The SMILES string of the molecule is c1cc(-c2ccsc2)n2nc(-c3ccc4c(c3)OCCO4)nc2n1. The molecule has 0 atom stereocenters.